The third-order valence-corrected chi connectivity index (χ3v) is 2.82. The van der Waals surface area contributed by atoms with Crippen molar-refractivity contribution in [2.75, 3.05) is 0 Å². The lowest BCUT2D eigenvalue weighted by atomic mass is 9.98. The topological polar surface area (TPSA) is 55.4 Å². The smallest absolute Gasteiger partial charge is 0.230 e. The summed E-state index contributed by atoms with van der Waals surface area (Å²) >= 11 is 0. The van der Waals surface area contributed by atoms with Crippen molar-refractivity contribution in [3.8, 4) is 5.75 Å². The van der Waals surface area contributed by atoms with Crippen LogP contribution in [0.2, 0.25) is 0 Å². The van der Waals surface area contributed by atoms with Gasteiger partial charge in [-0.05, 0) is 38.0 Å². The van der Waals surface area contributed by atoms with Gasteiger partial charge >= 0.3 is 0 Å². The lowest BCUT2D eigenvalue weighted by Gasteiger charge is -2.12. The standard InChI is InChI=1S/C14H17NO3/c1-9(2)18-12-5-3-4-10(7-12)6-11-8-13(16)15-14(11)17/h3-5,7,9,11H,6,8H2,1-2H3,(H,15,16,17). The van der Waals surface area contributed by atoms with Gasteiger partial charge in [-0.1, -0.05) is 12.1 Å². The summed E-state index contributed by atoms with van der Waals surface area (Å²) in [6.07, 6.45) is 0.984. The predicted molar refractivity (Wildman–Crippen MR) is 67.2 cm³/mol. The van der Waals surface area contributed by atoms with Gasteiger partial charge in [0.2, 0.25) is 11.8 Å². The van der Waals surface area contributed by atoms with Gasteiger partial charge in [0, 0.05) is 6.42 Å². The molecule has 1 fully saturated rings. The maximum atomic E-state index is 11.5. The van der Waals surface area contributed by atoms with Crippen LogP contribution in [-0.4, -0.2) is 17.9 Å². The minimum atomic E-state index is -0.244. The molecule has 1 aromatic rings. The third kappa shape index (κ3) is 3.09. The van der Waals surface area contributed by atoms with Crippen molar-refractivity contribution in [3.05, 3.63) is 29.8 Å². The van der Waals surface area contributed by atoms with Crippen LogP contribution in [0.5, 0.6) is 5.75 Å². The van der Waals surface area contributed by atoms with E-state index in [2.05, 4.69) is 5.32 Å². The summed E-state index contributed by atoms with van der Waals surface area (Å²) in [5.74, 6) is 0.203. The second-order valence-electron chi connectivity index (χ2n) is 4.83. The van der Waals surface area contributed by atoms with Gasteiger partial charge in [-0.25, -0.2) is 0 Å². The number of carbonyl (C=O) groups is 2. The van der Waals surface area contributed by atoms with Crippen molar-refractivity contribution in [3.63, 3.8) is 0 Å². The molecule has 0 radical (unpaired) electrons. The number of ether oxygens (including phenoxy) is 1. The summed E-state index contributed by atoms with van der Waals surface area (Å²) < 4.78 is 5.60. The van der Waals surface area contributed by atoms with Crippen molar-refractivity contribution in [1.82, 2.24) is 5.32 Å². The van der Waals surface area contributed by atoms with Crippen molar-refractivity contribution < 1.29 is 14.3 Å². The summed E-state index contributed by atoms with van der Waals surface area (Å²) in [5.41, 5.74) is 1.02. The third-order valence-electron chi connectivity index (χ3n) is 2.82. The Morgan fingerprint density at radius 2 is 2.17 bits per heavy atom. The number of benzene rings is 1. The molecule has 4 heteroatoms. The minimum Gasteiger partial charge on any atom is -0.491 e. The zero-order chi connectivity index (χ0) is 13.1. The number of hydrogen-bond donors (Lipinski definition) is 1. The van der Waals surface area contributed by atoms with Crippen LogP contribution in [0.25, 0.3) is 0 Å². The molecular formula is C14H17NO3. The highest BCUT2D eigenvalue weighted by molar-refractivity contribution is 6.03. The van der Waals surface area contributed by atoms with Gasteiger partial charge in [0.25, 0.3) is 0 Å². The molecule has 1 aliphatic rings. The summed E-state index contributed by atoms with van der Waals surface area (Å²) in [5, 5.41) is 2.32. The van der Waals surface area contributed by atoms with E-state index in [-0.39, 0.29) is 30.3 Å². The molecule has 2 rings (SSSR count). The van der Waals surface area contributed by atoms with Gasteiger partial charge in [0.05, 0.1) is 12.0 Å². The first kappa shape index (κ1) is 12.6. The lowest BCUT2D eigenvalue weighted by Crippen LogP contribution is -2.22. The molecular weight excluding hydrogens is 230 g/mol. The first-order chi connectivity index (χ1) is 8.54. The maximum Gasteiger partial charge on any atom is 0.230 e. The molecule has 2 amide bonds. The van der Waals surface area contributed by atoms with Crippen LogP contribution in [0.1, 0.15) is 25.8 Å². The molecule has 0 bridgehead atoms. The van der Waals surface area contributed by atoms with Gasteiger partial charge in [0.1, 0.15) is 5.75 Å². The molecule has 1 atom stereocenters. The maximum absolute atomic E-state index is 11.5. The number of nitrogens with one attached hydrogen (secondary N) is 1. The molecule has 4 nitrogen and oxygen atoms in total. The van der Waals surface area contributed by atoms with Crippen LogP contribution in [-0.2, 0) is 16.0 Å². The van der Waals surface area contributed by atoms with E-state index in [4.69, 9.17) is 4.74 Å². The van der Waals surface area contributed by atoms with E-state index in [1.807, 2.05) is 38.1 Å². The fourth-order valence-electron chi connectivity index (χ4n) is 2.07. The van der Waals surface area contributed by atoms with Crippen molar-refractivity contribution in [1.29, 1.82) is 0 Å². The minimum absolute atomic E-state index is 0.122. The Labute approximate surface area is 106 Å². The number of hydrogen-bond acceptors (Lipinski definition) is 3. The van der Waals surface area contributed by atoms with Crippen LogP contribution in [0, 0.1) is 5.92 Å². The molecule has 0 spiro atoms. The van der Waals surface area contributed by atoms with E-state index in [9.17, 15) is 9.59 Å². The second-order valence-corrected chi connectivity index (χ2v) is 4.83. The first-order valence-corrected chi connectivity index (χ1v) is 6.14. The average molecular weight is 247 g/mol. The van der Waals surface area contributed by atoms with E-state index in [1.54, 1.807) is 0 Å². The first-order valence-electron chi connectivity index (χ1n) is 6.14. The molecule has 1 N–H and O–H groups in total. The monoisotopic (exact) mass is 247 g/mol. The number of carbonyl (C=O) groups excluding carboxylic acids is 2. The fourth-order valence-corrected chi connectivity index (χ4v) is 2.07. The number of rotatable bonds is 4. The number of imide groups is 1. The molecule has 1 aliphatic heterocycles. The molecule has 1 heterocycles. The van der Waals surface area contributed by atoms with Gasteiger partial charge in [0.15, 0.2) is 0 Å². The summed E-state index contributed by atoms with van der Waals surface area (Å²) in [6, 6.07) is 7.67. The highest BCUT2D eigenvalue weighted by Gasteiger charge is 2.30. The van der Waals surface area contributed by atoms with Crippen LogP contribution < -0.4 is 10.1 Å². The molecule has 18 heavy (non-hydrogen) atoms. The summed E-state index contributed by atoms with van der Waals surface area (Å²) in [7, 11) is 0. The molecule has 1 unspecified atom stereocenters. The van der Waals surface area contributed by atoms with Crippen molar-refractivity contribution in [2.45, 2.75) is 32.8 Å². The van der Waals surface area contributed by atoms with Crippen LogP contribution >= 0.6 is 0 Å². The zero-order valence-corrected chi connectivity index (χ0v) is 10.6. The summed E-state index contributed by atoms with van der Waals surface area (Å²) in [4.78, 5) is 22.6. The van der Waals surface area contributed by atoms with Crippen LogP contribution in [0.4, 0.5) is 0 Å². The van der Waals surface area contributed by atoms with E-state index in [0.29, 0.717) is 6.42 Å². The molecule has 1 saturated heterocycles. The number of amides is 2. The van der Waals surface area contributed by atoms with E-state index in [0.717, 1.165) is 11.3 Å². The zero-order valence-electron chi connectivity index (χ0n) is 10.6. The molecule has 0 saturated carbocycles. The Hall–Kier alpha value is -1.84. The second kappa shape index (κ2) is 5.21. The van der Waals surface area contributed by atoms with E-state index >= 15 is 0 Å². The Kier molecular flexibility index (Phi) is 3.65. The highest BCUT2D eigenvalue weighted by Crippen LogP contribution is 2.21. The van der Waals surface area contributed by atoms with Crippen LogP contribution in [0.15, 0.2) is 24.3 Å². The Morgan fingerprint density at radius 1 is 1.39 bits per heavy atom. The van der Waals surface area contributed by atoms with Gasteiger partial charge < -0.3 is 4.74 Å². The average Bonchev–Trinajstić information content (AvgIpc) is 2.57. The Morgan fingerprint density at radius 3 is 2.78 bits per heavy atom. The van der Waals surface area contributed by atoms with Crippen molar-refractivity contribution >= 4 is 11.8 Å². The highest BCUT2D eigenvalue weighted by atomic mass is 16.5. The predicted octanol–water partition coefficient (Wildman–Crippen LogP) is 1.68. The molecule has 0 aliphatic carbocycles. The normalized spacial score (nSPS) is 19.2. The van der Waals surface area contributed by atoms with Crippen molar-refractivity contribution in [2.24, 2.45) is 5.92 Å². The summed E-state index contributed by atoms with van der Waals surface area (Å²) in [6.45, 7) is 3.94. The molecule has 0 aromatic heterocycles. The lowest BCUT2D eigenvalue weighted by molar-refractivity contribution is -0.125. The SMILES string of the molecule is CC(C)Oc1cccc(CC2CC(=O)NC2=O)c1. The van der Waals surface area contributed by atoms with E-state index < -0.39 is 0 Å². The van der Waals surface area contributed by atoms with Gasteiger partial charge in [-0.15, -0.1) is 0 Å². The Balaban J connectivity index is 2.05. The van der Waals surface area contributed by atoms with E-state index in [1.165, 1.54) is 0 Å². The Bertz CT molecular complexity index is 468. The van der Waals surface area contributed by atoms with Gasteiger partial charge in [-0.3, -0.25) is 14.9 Å². The van der Waals surface area contributed by atoms with Crippen LogP contribution in [0.3, 0.4) is 0 Å². The fraction of sp³-hybridized carbons (Fsp3) is 0.429. The quantitative estimate of drug-likeness (QED) is 0.823. The van der Waals surface area contributed by atoms with Gasteiger partial charge in [-0.2, -0.15) is 0 Å². The largest absolute Gasteiger partial charge is 0.491 e. The molecule has 1 aromatic carbocycles. The molecule has 96 valence electrons.